The van der Waals surface area contributed by atoms with Gasteiger partial charge in [-0.1, -0.05) is 0 Å². The topological polar surface area (TPSA) is 114 Å². The molecule has 1 aromatic rings. The molecule has 140 valence electrons. The maximum Gasteiger partial charge on any atom is 0.407 e. The van der Waals surface area contributed by atoms with Crippen LogP contribution in [0.25, 0.3) is 0 Å². The summed E-state index contributed by atoms with van der Waals surface area (Å²) in [5, 5.41) is 4.82. The number of hydrogen-bond donors (Lipinski definition) is 3. The first-order chi connectivity index (χ1) is 11.5. The molecule has 0 aliphatic rings. The number of nitrogens with one attached hydrogen (secondary N) is 3. The molecule has 0 aromatic heterocycles. The normalized spacial score (nSPS) is 11.7. The minimum Gasteiger partial charge on any atom is -0.444 e. The van der Waals surface area contributed by atoms with Gasteiger partial charge in [0.05, 0.1) is 10.5 Å². The van der Waals surface area contributed by atoms with Gasteiger partial charge in [-0.2, -0.15) is 0 Å². The van der Waals surface area contributed by atoms with E-state index >= 15 is 0 Å². The van der Waals surface area contributed by atoms with Crippen molar-refractivity contribution in [1.29, 1.82) is 0 Å². The number of hydrogen-bond acceptors (Lipinski definition) is 5. The van der Waals surface area contributed by atoms with Crippen LogP contribution in [0.15, 0.2) is 23.1 Å². The van der Waals surface area contributed by atoms with E-state index in [4.69, 9.17) is 4.74 Å². The second-order valence-electron chi connectivity index (χ2n) is 6.03. The molecule has 25 heavy (non-hydrogen) atoms. The largest absolute Gasteiger partial charge is 0.444 e. The quantitative estimate of drug-likeness (QED) is 0.642. The van der Waals surface area contributed by atoms with Crippen LogP contribution in [0.2, 0.25) is 0 Å². The van der Waals surface area contributed by atoms with Gasteiger partial charge >= 0.3 is 6.09 Å². The highest BCUT2D eigenvalue weighted by Gasteiger charge is 2.18. The first kappa shape index (κ1) is 20.8. The van der Waals surface area contributed by atoms with E-state index < -0.39 is 39.0 Å². The second-order valence-corrected chi connectivity index (χ2v) is 7.92. The number of halogens is 1. The third kappa shape index (κ3) is 6.67. The minimum absolute atomic E-state index is 0.0144. The highest BCUT2D eigenvalue weighted by atomic mass is 32.2. The second kappa shape index (κ2) is 8.26. The highest BCUT2D eigenvalue weighted by Crippen LogP contribution is 2.14. The van der Waals surface area contributed by atoms with Gasteiger partial charge in [-0.25, -0.2) is 22.3 Å². The Labute approximate surface area is 146 Å². The van der Waals surface area contributed by atoms with E-state index in [9.17, 15) is 22.4 Å². The Morgan fingerprint density at radius 1 is 1.16 bits per heavy atom. The van der Waals surface area contributed by atoms with Crippen LogP contribution in [-0.2, 0) is 14.8 Å². The van der Waals surface area contributed by atoms with Crippen LogP contribution in [-0.4, -0.2) is 46.2 Å². The molecule has 0 fully saturated rings. The maximum atomic E-state index is 13.8. The third-order valence-corrected chi connectivity index (χ3v) is 4.25. The van der Waals surface area contributed by atoms with Crippen molar-refractivity contribution in [2.45, 2.75) is 31.3 Å². The van der Waals surface area contributed by atoms with Crippen molar-refractivity contribution < 1.29 is 27.1 Å². The molecule has 1 rings (SSSR count). The van der Waals surface area contributed by atoms with Crippen LogP contribution in [0.1, 0.15) is 31.1 Å². The van der Waals surface area contributed by atoms with Crippen LogP contribution in [0.4, 0.5) is 9.18 Å². The lowest BCUT2D eigenvalue weighted by Crippen LogP contribution is -2.38. The van der Waals surface area contributed by atoms with E-state index in [-0.39, 0.29) is 18.0 Å². The van der Waals surface area contributed by atoms with Gasteiger partial charge < -0.3 is 15.4 Å². The molecule has 8 nitrogen and oxygen atoms in total. The Kier molecular flexibility index (Phi) is 6.88. The van der Waals surface area contributed by atoms with Gasteiger partial charge in [0.25, 0.3) is 5.91 Å². The van der Waals surface area contributed by atoms with E-state index in [2.05, 4.69) is 15.4 Å². The van der Waals surface area contributed by atoms with Crippen molar-refractivity contribution in [3.63, 3.8) is 0 Å². The average Bonchev–Trinajstić information content (AvgIpc) is 2.49. The Bertz CT molecular complexity index is 744. The van der Waals surface area contributed by atoms with E-state index in [0.29, 0.717) is 0 Å². The summed E-state index contributed by atoms with van der Waals surface area (Å²) in [5.74, 6) is -1.65. The summed E-state index contributed by atoms with van der Waals surface area (Å²) < 4.78 is 44.3. The fourth-order valence-electron chi connectivity index (χ4n) is 1.71. The fraction of sp³-hybridized carbons (Fsp3) is 0.467. The van der Waals surface area contributed by atoms with Crippen LogP contribution in [0.5, 0.6) is 0 Å². The summed E-state index contributed by atoms with van der Waals surface area (Å²) in [6.07, 6.45) is -0.643. The first-order valence-corrected chi connectivity index (χ1v) is 8.93. The Morgan fingerprint density at radius 2 is 1.76 bits per heavy atom. The molecule has 0 radical (unpaired) electrons. The fourth-order valence-corrected chi connectivity index (χ4v) is 2.47. The molecule has 0 aliphatic heterocycles. The zero-order chi connectivity index (χ0) is 19.3. The first-order valence-electron chi connectivity index (χ1n) is 7.44. The van der Waals surface area contributed by atoms with Gasteiger partial charge in [0.1, 0.15) is 11.4 Å². The number of alkyl carbamates (subject to hydrolysis) is 1. The van der Waals surface area contributed by atoms with E-state index in [1.54, 1.807) is 20.8 Å². The molecule has 0 heterocycles. The lowest BCUT2D eigenvalue weighted by molar-refractivity contribution is 0.0526. The van der Waals surface area contributed by atoms with Gasteiger partial charge in [-0.3, -0.25) is 4.79 Å². The molecule has 0 saturated carbocycles. The lowest BCUT2D eigenvalue weighted by Gasteiger charge is -2.19. The molecular weight excluding hydrogens is 353 g/mol. The van der Waals surface area contributed by atoms with Crippen molar-refractivity contribution in [3.8, 4) is 0 Å². The van der Waals surface area contributed by atoms with Gasteiger partial charge in [-0.15, -0.1) is 0 Å². The number of ether oxygens (including phenoxy) is 1. The summed E-state index contributed by atoms with van der Waals surface area (Å²) >= 11 is 0. The molecule has 0 unspecified atom stereocenters. The SMILES string of the molecule is CNS(=O)(=O)c1ccc(F)c(C(=O)NCCNC(=O)OC(C)(C)C)c1. The van der Waals surface area contributed by atoms with Crippen molar-refractivity contribution in [2.75, 3.05) is 20.1 Å². The molecule has 0 saturated heterocycles. The average molecular weight is 375 g/mol. The van der Waals surface area contributed by atoms with Gasteiger partial charge in [0, 0.05) is 13.1 Å². The molecule has 1 aromatic carbocycles. The standard InChI is InChI=1S/C15H22FN3O5S/c1-15(2,3)24-14(21)19-8-7-18-13(20)11-9-10(5-6-12(11)16)25(22,23)17-4/h5-6,9,17H,7-8H2,1-4H3,(H,18,20)(H,19,21). The molecule has 0 atom stereocenters. The lowest BCUT2D eigenvalue weighted by atomic mass is 10.2. The zero-order valence-corrected chi connectivity index (χ0v) is 15.3. The molecule has 3 N–H and O–H groups in total. The summed E-state index contributed by atoms with van der Waals surface area (Å²) in [6.45, 7) is 5.22. The number of carbonyl (C=O) groups excluding carboxylic acids is 2. The number of amides is 2. The molecule has 0 aliphatic carbocycles. The number of rotatable bonds is 6. The van der Waals surface area contributed by atoms with Crippen LogP contribution < -0.4 is 15.4 Å². The Morgan fingerprint density at radius 3 is 2.32 bits per heavy atom. The van der Waals surface area contributed by atoms with Gasteiger partial charge in [0.2, 0.25) is 10.0 Å². The van der Waals surface area contributed by atoms with Crippen molar-refractivity contribution in [1.82, 2.24) is 15.4 Å². The minimum atomic E-state index is -3.79. The monoisotopic (exact) mass is 375 g/mol. The van der Waals surface area contributed by atoms with E-state index in [1.807, 2.05) is 0 Å². The summed E-state index contributed by atoms with van der Waals surface area (Å²) in [7, 11) is -2.59. The molecule has 10 heteroatoms. The summed E-state index contributed by atoms with van der Waals surface area (Å²) in [5.41, 5.74) is -1.05. The summed E-state index contributed by atoms with van der Waals surface area (Å²) in [6, 6.07) is 2.90. The molecular formula is C15H22FN3O5S. The van der Waals surface area contributed by atoms with Gasteiger partial charge in [0.15, 0.2) is 0 Å². The van der Waals surface area contributed by atoms with E-state index in [0.717, 1.165) is 18.2 Å². The van der Waals surface area contributed by atoms with Crippen LogP contribution in [0.3, 0.4) is 0 Å². The van der Waals surface area contributed by atoms with Crippen LogP contribution >= 0.6 is 0 Å². The molecule has 2 amide bonds. The third-order valence-electron chi connectivity index (χ3n) is 2.84. The highest BCUT2D eigenvalue weighted by molar-refractivity contribution is 7.89. The number of sulfonamides is 1. The zero-order valence-electron chi connectivity index (χ0n) is 14.5. The van der Waals surface area contributed by atoms with E-state index in [1.165, 1.54) is 7.05 Å². The Balaban J connectivity index is 2.64. The van der Waals surface area contributed by atoms with Crippen molar-refractivity contribution >= 4 is 22.0 Å². The maximum absolute atomic E-state index is 13.8. The predicted molar refractivity (Wildman–Crippen MR) is 89.2 cm³/mol. The number of benzene rings is 1. The number of carbonyl (C=O) groups is 2. The Hall–Kier alpha value is -2.20. The van der Waals surface area contributed by atoms with Gasteiger partial charge in [-0.05, 0) is 46.0 Å². The predicted octanol–water partition coefficient (Wildman–Crippen LogP) is 0.988. The van der Waals surface area contributed by atoms with Crippen molar-refractivity contribution in [3.05, 3.63) is 29.6 Å². The van der Waals surface area contributed by atoms with Crippen molar-refractivity contribution in [2.24, 2.45) is 0 Å². The molecule has 0 bridgehead atoms. The molecule has 0 spiro atoms. The van der Waals surface area contributed by atoms with Crippen LogP contribution in [0, 0.1) is 5.82 Å². The smallest absolute Gasteiger partial charge is 0.407 e. The summed E-state index contributed by atoms with van der Waals surface area (Å²) in [4.78, 5) is 23.2.